The van der Waals surface area contributed by atoms with Crippen LogP contribution in [0.25, 0.3) is 10.9 Å². The molecule has 0 spiro atoms. The maximum absolute atomic E-state index is 11.4. The molecule has 3 rings (SSSR count). The van der Waals surface area contributed by atoms with Gasteiger partial charge in [0.1, 0.15) is 6.07 Å². The van der Waals surface area contributed by atoms with Gasteiger partial charge in [-0.25, -0.2) is 0 Å². The molecule has 0 atom stereocenters. The Balaban J connectivity index is 0.000000244. The predicted octanol–water partition coefficient (Wildman–Crippen LogP) is 4.77. The van der Waals surface area contributed by atoms with Crippen molar-refractivity contribution in [1.82, 2.24) is 4.57 Å². The van der Waals surface area contributed by atoms with Crippen LogP contribution in [-0.4, -0.2) is 17.1 Å². The molecule has 0 N–H and O–H groups in total. The smallest absolute Gasteiger partial charge is 0.310 e. The molecular formula is C23H26N2O2. The minimum absolute atomic E-state index is 0.240. The number of fused-ring (bicyclic) bond motifs is 1. The number of ether oxygens (including phenoxy) is 1. The van der Waals surface area contributed by atoms with Gasteiger partial charge in [0, 0.05) is 24.1 Å². The number of benzene rings is 2. The van der Waals surface area contributed by atoms with Crippen molar-refractivity contribution in [3.63, 3.8) is 0 Å². The minimum atomic E-state index is -0.244. The van der Waals surface area contributed by atoms with Crippen LogP contribution < -0.4 is 0 Å². The quantitative estimate of drug-likeness (QED) is 0.631. The van der Waals surface area contributed by atoms with Crippen molar-refractivity contribution in [1.29, 1.82) is 5.26 Å². The molecule has 0 saturated heterocycles. The fraction of sp³-hybridized carbons (Fsp3) is 0.304. The third-order valence-electron chi connectivity index (χ3n) is 4.19. The highest BCUT2D eigenvalue weighted by Gasteiger charge is 2.09. The van der Waals surface area contributed by atoms with E-state index in [2.05, 4.69) is 45.0 Å². The standard InChI is InChI=1S/C14H14N2O2.C9H12/c1-3-18-14(17)7-10-4-5-13-12(6-10)11(8-15)9-16(13)2;1-7-4-8(2)6-9(3)5-7/h4-6,9H,3,7H2,1-2H3;4-6H,1-3H3. The van der Waals surface area contributed by atoms with Gasteiger partial charge in [-0.05, 0) is 45.4 Å². The summed E-state index contributed by atoms with van der Waals surface area (Å²) in [4.78, 5) is 11.4. The summed E-state index contributed by atoms with van der Waals surface area (Å²) in [5, 5.41) is 9.93. The van der Waals surface area contributed by atoms with Gasteiger partial charge in [-0.2, -0.15) is 5.26 Å². The van der Waals surface area contributed by atoms with Crippen molar-refractivity contribution in [2.24, 2.45) is 7.05 Å². The van der Waals surface area contributed by atoms with Crippen LogP contribution in [0.3, 0.4) is 0 Å². The van der Waals surface area contributed by atoms with Crippen molar-refractivity contribution in [3.05, 3.63) is 70.4 Å². The number of carbonyl (C=O) groups is 1. The molecule has 0 aliphatic carbocycles. The molecule has 0 amide bonds. The highest BCUT2D eigenvalue weighted by Crippen LogP contribution is 2.21. The molecular weight excluding hydrogens is 336 g/mol. The monoisotopic (exact) mass is 362 g/mol. The lowest BCUT2D eigenvalue weighted by Crippen LogP contribution is -2.07. The second-order valence-electron chi connectivity index (χ2n) is 6.76. The van der Waals surface area contributed by atoms with Crippen LogP contribution in [0, 0.1) is 32.1 Å². The lowest BCUT2D eigenvalue weighted by molar-refractivity contribution is -0.142. The Hall–Kier alpha value is -3.06. The Labute approximate surface area is 161 Å². The second-order valence-corrected chi connectivity index (χ2v) is 6.76. The van der Waals surface area contributed by atoms with E-state index in [1.807, 2.05) is 29.8 Å². The first-order valence-corrected chi connectivity index (χ1v) is 9.02. The van der Waals surface area contributed by atoms with E-state index < -0.39 is 0 Å². The fourth-order valence-corrected chi connectivity index (χ4v) is 3.22. The number of nitrogens with zero attached hydrogens (tertiary/aromatic N) is 2. The molecule has 0 unspecified atom stereocenters. The van der Waals surface area contributed by atoms with E-state index in [0.29, 0.717) is 12.2 Å². The molecule has 3 aromatic rings. The Bertz CT molecular complexity index is 943. The molecule has 140 valence electrons. The number of hydrogen-bond donors (Lipinski definition) is 0. The van der Waals surface area contributed by atoms with E-state index in [-0.39, 0.29) is 12.4 Å². The Morgan fingerprint density at radius 1 is 1.07 bits per heavy atom. The van der Waals surface area contributed by atoms with Crippen molar-refractivity contribution < 1.29 is 9.53 Å². The third kappa shape index (κ3) is 5.46. The van der Waals surface area contributed by atoms with Crippen LogP contribution in [0.4, 0.5) is 0 Å². The summed E-state index contributed by atoms with van der Waals surface area (Å²) in [5.41, 5.74) is 6.54. The molecule has 1 aromatic heterocycles. The predicted molar refractivity (Wildman–Crippen MR) is 109 cm³/mol. The zero-order valence-electron chi connectivity index (χ0n) is 16.7. The molecule has 0 saturated carbocycles. The second kappa shape index (κ2) is 9.05. The molecule has 4 nitrogen and oxygen atoms in total. The molecule has 4 heteroatoms. The van der Waals surface area contributed by atoms with Gasteiger partial charge >= 0.3 is 5.97 Å². The van der Waals surface area contributed by atoms with Gasteiger partial charge in [0.25, 0.3) is 0 Å². The van der Waals surface area contributed by atoms with Gasteiger partial charge in [0.2, 0.25) is 0 Å². The van der Waals surface area contributed by atoms with E-state index in [4.69, 9.17) is 10.00 Å². The summed E-state index contributed by atoms with van der Waals surface area (Å²) in [6.07, 6.45) is 2.03. The number of aryl methyl sites for hydroxylation is 4. The van der Waals surface area contributed by atoms with Gasteiger partial charge in [0.15, 0.2) is 0 Å². The van der Waals surface area contributed by atoms with Crippen molar-refractivity contribution >= 4 is 16.9 Å². The lowest BCUT2D eigenvalue weighted by atomic mass is 10.1. The summed E-state index contributed by atoms with van der Waals surface area (Å²) < 4.78 is 6.82. The molecule has 0 radical (unpaired) electrons. The molecule has 0 fully saturated rings. The Morgan fingerprint density at radius 3 is 2.19 bits per heavy atom. The highest BCUT2D eigenvalue weighted by molar-refractivity contribution is 5.87. The van der Waals surface area contributed by atoms with Crippen LogP contribution >= 0.6 is 0 Å². The van der Waals surface area contributed by atoms with Gasteiger partial charge in [-0.15, -0.1) is 0 Å². The van der Waals surface area contributed by atoms with Crippen molar-refractivity contribution in [2.45, 2.75) is 34.1 Å². The van der Waals surface area contributed by atoms with Crippen LogP contribution in [0.5, 0.6) is 0 Å². The normalized spacial score (nSPS) is 10.1. The van der Waals surface area contributed by atoms with Crippen LogP contribution in [-0.2, 0) is 23.0 Å². The minimum Gasteiger partial charge on any atom is -0.466 e. The lowest BCUT2D eigenvalue weighted by Gasteiger charge is -2.03. The van der Waals surface area contributed by atoms with Crippen LogP contribution in [0.1, 0.15) is 34.7 Å². The van der Waals surface area contributed by atoms with Crippen molar-refractivity contribution in [3.8, 4) is 6.07 Å². The molecule has 27 heavy (non-hydrogen) atoms. The number of carbonyl (C=O) groups excluding carboxylic acids is 1. The molecule has 0 aliphatic rings. The number of esters is 1. The van der Waals surface area contributed by atoms with Crippen LogP contribution in [0.15, 0.2) is 42.6 Å². The summed E-state index contributed by atoms with van der Waals surface area (Å²) in [5.74, 6) is -0.244. The van der Waals surface area contributed by atoms with E-state index in [1.165, 1.54) is 16.7 Å². The number of hydrogen-bond acceptors (Lipinski definition) is 3. The summed E-state index contributed by atoms with van der Waals surface area (Å²) in [6.45, 7) is 8.54. The zero-order chi connectivity index (χ0) is 20.0. The van der Waals surface area contributed by atoms with E-state index in [1.54, 1.807) is 13.1 Å². The largest absolute Gasteiger partial charge is 0.466 e. The average molecular weight is 362 g/mol. The first kappa shape index (κ1) is 20.3. The summed E-state index contributed by atoms with van der Waals surface area (Å²) in [7, 11) is 1.90. The summed E-state index contributed by atoms with van der Waals surface area (Å²) >= 11 is 0. The number of aromatic nitrogens is 1. The van der Waals surface area contributed by atoms with E-state index >= 15 is 0 Å². The fourth-order valence-electron chi connectivity index (χ4n) is 3.22. The topological polar surface area (TPSA) is 55.0 Å². The van der Waals surface area contributed by atoms with E-state index in [9.17, 15) is 4.79 Å². The van der Waals surface area contributed by atoms with Gasteiger partial charge in [0.05, 0.1) is 18.6 Å². The third-order valence-corrected chi connectivity index (χ3v) is 4.19. The first-order valence-electron chi connectivity index (χ1n) is 9.02. The highest BCUT2D eigenvalue weighted by atomic mass is 16.5. The Kier molecular flexibility index (Phi) is 6.79. The zero-order valence-corrected chi connectivity index (χ0v) is 16.7. The maximum atomic E-state index is 11.4. The van der Waals surface area contributed by atoms with Gasteiger partial charge in [-0.1, -0.05) is 41.0 Å². The van der Waals surface area contributed by atoms with E-state index in [0.717, 1.165) is 16.5 Å². The average Bonchev–Trinajstić information content (AvgIpc) is 2.90. The molecule has 0 bridgehead atoms. The van der Waals surface area contributed by atoms with Gasteiger partial charge in [-0.3, -0.25) is 4.79 Å². The SMILES string of the molecule is CCOC(=O)Cc1ccc2c(c1)c(C#N)cn2C.Cc1cc(C)cc(C)c1. The maximum Gasteiger partial charge on any atom is 0.310 e. The number of nitriles is 1. The molecule has 2 aromatic carbocycles. The first-order chi connectivity index (χ1) is 12.8. The summed E-state index contributed by atoms with van der Waals surface area (Å²) in [6, 6.07) is 14.4. The van der Waals surface area contributed by atoms with Crippen molar-refractivity contribution in [2.75, 3.05) is 6.61 Å². The number of rotatable bonds is 3. The molecule has 1 heterocycles. The molecule has 0 aliphatic heterocycles. The van der Waals surface area contributed by atoms with Gasteiger partial charge < -0.3 is 9.30 Å². The van der Waals surface area contributed by atoms with Crippen LogP contribution in [0.2, 0.25) is 0 Å². The Morgan fingerprint density at radius 2 is 1.67 bits per heavy atom.